The second kappa shape index (κ2) is 6.12. The fraction of sp³-hybridized carbons (Fsp3) is 0.933. The lowest BCUT2D eigenvalue weighted by molar-refractivity contribution is 0.0771. The van der Waals surface area contributed by atoms with Crippen molar-refractivity contribution in [3.05, 3.63) is 0 Å². The van der Waals surface area contributed by atoms with E-state index in [1.807, 2.05) is 0 Å². The van der Waals surface area contributed by atoms with Crippen LogP contribution in [0.1, 0.15) is 51.4 Å². The van der Waals surface area contributed by atoms with Gasteiger partial charge in [0, 0.05) is 31.8 Å². The first kappa shape index (κ1) is 13.2. The van der Waals surface area contributed by atoms with Crippen LogP contribution in [0, 0.1) is 5.92 Å². The Kier molecular flexibility index (Phi) is 4.26. The third-order valence-electron chi connectivity index (χ3n) is 5.05. The van der Waals surface area contributed by atoms with Crippen molar-refractivity contribution >= 4 is 6.03 Å². The molecule has 4 nitrogen and oxygen atoms in total. The van der Waals surface area contributed by atoms with Gasteiger partial charge in [0.05, 0.1) is 0 Å². The predicted octanol–water partition coefficient (Wildman–Crippen LogP) is 2.53. The summed E-state index contributed by atoms with van der Waals surface area (Å²) >= 11 is 0. The van der Waals surface area contributed by atoms with Gasteiger partial charge in [-0.15, -0.1) is 0 Å². The predicted molar refractivity (Wildman–Crippen MR) is 74.1 cm³/mol. The highest BCUT2D eigenvalue weighted by molar-refractivity contribution is 5.75. The average Bonchev–Trinajstić information content (AvgIpc) is 3.10. The van der Waals surface area contributed by atoms with E-state index >= 15 is 0 Å². The van der Waals surface area contributed by atoms with Gasteiger partial charge in [-0.05, 0) is 44.4 Å². The molecule has 1 aliphatic carbocycles. The summed E-state index contributed by atoms with van der Waals surface area (Å²) in [5.41, 5.74) is 0. The Labute approximate surface area is 115 Å². The van der Waals surface area contributed by atoms with E-state index in [0.29, 0.717) is 12.1 Å². The van der Waals surface area contributed by atoms with Crippen LogP contribution in [0.5, 0.6) is 0 Å². The number of rotatable bonds is 2. The Bertz CT molecular complexity index is 309. The Balaban J connectivity index is 1.55. The summed E-state index contributed by atoms with van der Waals surface area (Å²) in [6.45, 7) is 2.53. The van der Waals surface area contributed by atoms with Crippen LogP contribution < -0.4 is 5.32 Å². The molecule has 2 saturated heterocycles. The van der Waals surface area contributed by atoms with Crippen molar-refractivity contribution in [1.82, 2.24) is 10.2 Å². The lowest BCUT2D eigenvalue weighted by Gasteiger charge is -2.32. The second-order valence-electron chi connectivity index (χ2n) is 6.28. The number of nitrogens with one attached hydrogen (secondary N) is 1. The van der Waals surface area contributed by atoms with Crippen LogP contribution >= 0.6 is 0 Å². The molecule has 19 heavy (non-hydrogen) atoms. The molecule has 2 aliphatic heterocycles. The van der Waals surface area contributed by atoms with Gasteiger partial charge in [-0.25, -0.2) is 4.79 Å². The normalized spacial score (nSPS) is 29.9. The first-order valence-corrected chi connectivity index (χ1v) is 7.99. The van der Waals surface area contributed by atoms with Crippen LogP contribution in [0.2, 0.25) is 0 Å². The maximum atomic E-state index is 12.5. The van der Waals surface area contributed by atoms with E-state index < -0.39 is 0 Å². The molecule has 0 spiro atoms. The molecule has 1 unspecified atom stereocenters. The van der Waals surface area contributed by atoms with Crippen molar-refractivity contribution in [3.63, 3.8) is 0 Å². The van der Waals surface area contributed by atoms with Gasteiger partial charge in [0.25, 0.3) is 0 Å². The van der Waals surface area contributed by atoms with Crippen molar-refractivity contribution in [2.24, 2.45) is 5.92 Å². The molecule has 0 aromatic carbocycles. The third kappa shape index (κ3) is 3.04. The van der Waals surface area contributed by atoms with Gasteiger partial charge in [0.2, 0.25) is 0 Å². The molecule has 3 aliphatic rings. The van der Waals surface area contributed by atoms with Gasteiger partial charge in [-0.2, -0.15) is 0 Å². The Morgan fingerprint density at radius 3 is 2.47 bits per heavy atom. The number of amides is 2. The molecular weight excluding hydrogens is 240 g/mol. The lowest BCUT2D eigenvalue weighted by atomic mass is 9.96. The minimum absolute atomic E-state index is 0.182. The standard InChI is InChI=1S/C15H26N2O2/c18-15(16-13-7-10-19-11-8-13)17-9-3-6-14(17)12-4-1-2-5-12/h12-14H,1-11H2,(H,16,18). The van der Waals surface area contributed by atoms with Crippen molar-refractivity contribution in [1.29, 1.82) is 0 Å². The van der Waals surface area contributed by atoms with Crippen LogP contribution in [-0.4, -0.2) is 42.8 Å². The molecule has 0 bridgehead atoms. The van der Waals surface area contributed by atoms with Crippen LogP contribution in [0.25, 0.3) is 0 Å². The van der Waals surface area contributed by atoms with Gasteiger partial charge >= 0.3 is 6.03 Å². The molecule has 3 rings (SSSR count). The van der Waals surface area contributed by atoms with Gasteiger partial charge in [0.1, 0.15) is 0 Å². The molecule has 0 aromatic rings. The molecule has 108 valence electrons. The highest BCUT2D eigenvalue weighted by atomic mass is 16.5. The zero-order valence-corrected chi connectivity index (χ0v) is 11.8. The maximum absolute atomic E-state index is 12.5. The molecule has 1 atom stereocenters. The smallest absolute Gasteiger partial charge is 0.317 e. The van der Waals surface area contributed by atoms with E-state index in [9.17, 15) is 4.79 Å². The van der Waals surface area contributed by atoms with E-state index in [4.69, 9.17) is 4.74 Å². The first-order valence-electron chi connectivity index (χ1n) is 7.99. The monoisotopic (exact) mass is 266 g/mol. The number of likely N-dealkylation sites (tertiary alicyclic amines) is 1. The van der Waals surface area contributed by atoms with Gasteiger partial charge in [-0.1, -0.05) is 12.8 Å². The highest BCUT2D eigenvalue weighted by Gasteiger charge is 2.36. The molecule has 4 heteroatoms. The minimum atomic E-state index is 0.182. The van der Waals surface area contributed by atoms with Crippen LogP contribution in [0.3, 0.4) is 0 Å². The molecule has 3 fully saturated rings. The number of hydrogen-bond acceptors (Lipinski definition) is 2. The topological polar surface area (TPSA) is 41.6 Å². The quantitative estimate of drug-likeness (QED) is 0.834. The summed E-state index contributed by atoms with van der Waals surface area (Å²) in [6.07, 6.45) is 9.69. The van der Waals surface area contributed by atoms with E-state index in [1.165, 1.54) is 38.5 Å². The number of nitrogens with zero attached hydrogens (tertiary/aromatic N) is 1. The summed E-state index contributed by atoms with van der Waals surface area (Å²) < 4.78 is 5.34. The van der Waals surface area contributed by atoms with Crippen molar-refractivity contribution < 1.29 is 9.53 Å². The van der Waals surface area contributed by atoms with E-state index in [1.54, 1.807) is 0 Å². The molecule has 0 radical (unpaired) electrons. The van der Waals surface area contributed by atoms with E-state index in [0.717, 1.165) is 38.5 Å². The Morgan fingerprint density at radius 1 is 1.00 bits per heavy atom. The fourth-order valence-electron chi connectivity index (χ4n) is 3.98. The lowest BCUT2D eigenvalue weighted by Crippen LogP contribution is -2.49. The molecule has 1 N–H and O–H groups in total. The number of carbonyl (C=O) groups excluding carboxylic acids is 1. The summed E-state index contributed by atoms with van der Waals surface area (Å²) in [4.78, 5) is 14.6. The molecule has 0 aromatic heterocycles. The molecule has 1 saturated carbocycles. The molecular formula is C15H26N2O2. The summed E-state index contributed by atoms with van der Waals surface area (Å²) in [5, 5.41) is 3.22. The van der Waals surface area contributed by atoms with Crippen LogP contribution in [0.4, 0.5) is 4.79 Å². The van der Waals surface area contributed by atoms with Crippen LogP contribution in [-0.2, 0) is 4.74 Å². The van der Waals surface area contributed by atoms with Crippen molar-refractivity contribution in [3.8, 4) is 0 Å². The van der Waals surface area contributed by atoms with Crippen molar-refractivity contribution in [2.75, 3.05) is 19.8 Å². The molecule has 2 heterocycles. The van der Waals surface area contributed by atoms with E-state index in [2.05, 4.69) is 10.2 Å². The van der Waals surface area contributed by atoms with Gasteiger partial charge in [-0.3, -0.25) is 0 Å². The Morgan fingerprint density at radius 2 is 1.74 bits per heavy atom. The van der Waals surface area contributed by atoms with Gasteiger partial charge < -0.3 is 15.0 Å². The third-order valence-corrected chi connectivity index (χ3v) is 5.05. The summed E-state index contributed by atoms with van der Waals surface area (Å²) in [6, 6.07) is 1.02. The first-order chi connectivity index (χ1) is 9.34. The van der Waals surface area contributed by atoms with E-state index in [-0.39, 0.29) is 6.03 Å². The zero-order chi connectivity index (χ0) is 13.1. The second-order valence-corrected chi connectivity index (χ2v) is 6.28. The highest BCUT2D eigenvalue weighted by Crippen LogP contribution is 2.35. The number of ether oxygens (including phenoxy) is 1. The maximum Gasteiger partial charge on any atom is 0.317 e. The zero-order valence-electron chi connectivity index (χ0n) is 11.8. The molecule has 2 amide bonds. The minimum Gasteiger partial charge on any atom is -0.381 e. The summed E-state index contributed by atoms with van der Waals surface area (Å²) in [5.74, 6) is 0.767. The largest absolute Gasteiger partial charge is 0.381 e. The number of urea groups is 1. The van der Waals surface area contributed by atoms with Gasteiger partial charge in [0.15, 0.2) is 0 Å². The SMILES string of the molecule is O=C(NC1CCOCC1)N1CCCC1C1CCCC1. The summed E-state index contributed by atoms with van der Waals surface area (Å²) in [7, 11) is 0. The number of carbonyl (C=O) groups is 1. The van der Waals surface area contributed by atoms with Crippen LogP contribution in [0.15, 0.2) is 0 Å². The Hall–Kier alpha value is -0.770. The number of hydrogen-bond donors (Lipinski definition) is 1. The average molecular weight is 266 g/mol. The van der Waals surface area contributed by atoms with Crippen molar-refractivity contribution in [2.45, 2.75) is 63.5 Å². The fourth-order valence-corrected chi connectivity index (χ4v) is 3.98.